The molecule has 134 valence electrons. The number of ether oxygens (including phenoxy) is 1. The molecule has 2 atom stereocenters. The summed E-state index contributed by atoms with van der Waals surface area (Å²) in [5, 5.41) is -0.0198. The fourth-order valence-corrected chi connectivity index (χ4v) is 3.96. The molecule has 3 heterocycles. The molecule has 0 spiro atoms. The number of nitrogen functional groups attached to an aromatic ring is 1. The lowest BCUT2D eigenvalue weighted by Crippen LogP contribution is -2.38. The molecule has 1 fully saturated rings. The summed E-state index contributed by atoms with van der Waals surface area (Å²) in [5.41, 5.74) is 5.09. The molecule has 0 unspecified atom stereocenters. The average molecular weight is 348 g/mol. The summed E-state index contributed by atoms with van der Waals surface area (Å²) in [4.78, 5) is 28.7. The lowest BCUT2D eigenvalue weighted by molar-refractivity contribution is 0.243. The molecule has 0 saturated carbocycles. The first-order valence-electron chi connectivity index (χ1n) is 8.61. The van der Waals surface area contributed by atoms with Crippen LogP contribution in [-0.4, -0.2) is 29.2 Å². The largest absolute Gasteiger partial charge is 0.487 e. The van der Waals surface area contributed by atoms with Crippen molar-refractivity contribution < 1.29 is 9.13 Å². The normalized spacial score (nSPS) is 22.4. The third kappa shape index (κ3) is 2.16. The van der Waals surface area contributed by atoms with Gasteiger partial charge in [-0.3, -0.25) is 14.3 Å². The van der Waals surface area contributed by atoms with Gasteiger partial charge < -0.3 is 15.4 Å². The number of aromatic amines is 1. The number of anilines is 2. The number of nitrogens with zero attached hydrogens (tertiary/aromatic N) is 2. The summed E-state index contributed by atoms with van der Waals surface area (Å²) in [6, 6.07) is -0.279. The molecule has 3 N–H and O–H groups in total. The van der Waals surface area contributed by atoms with Gasteiger partial charge in [-0.25, -0.2) is 9.18 Å². The summed E-state index contributed by atoms with van der Waals surface area (Å²) in [6.07, 6.45) is 1.98. The number of nitrogens with one attached hydrogen (secondary N) is 1. The van der Waals surface area contributed by atoms with Crippen LogP contribution in [-0.2, 0) is 0 Å². The van der Waals surface area contributed by atoms with Crippen molar-refractivity contribution in [2.24, 2.45) is 5.92 Å². The number of benzene rings is 1. The van der Waals surface area contributed by atoms with Gasteiger partial charge in [0.1, 0.15) is 17.8 Å². The summed E-state index contributed by atoms with van der Waals surface area (Å²) >= 11 is 0. The average Bonchev–Trinajstić information content (AvgIpc) is 3.04. The van der Waals surface area contributed by atoms with Crippen LogP contribution >= 0.6 is 0 Å². The van der Waals surface area contributed by atoms with Gasteiger partial charge in [-0.1, -0.05) is 13.3 Å². The molecule has 0 bridgehead atoms. The molecule has 0 amide bonds. The van der Waals surface area contributed by atoms with Gasteiger partial charge in [0.05, 0.1) is 17.1 Å². The maximum atomic E-state index is 15.1. The zero-order valence-electron chi connectivity index (χ0n) is 14.3. The van der Waals surface area contributed by atoms with Gasteiger partial charge in [-0.2, -0.15) is 0 Å². The minimum absolute atomic E-state index is 0.0198. The van der Waals surface area contributed by atoms with E-state index in [2.05, 4.69) is 11.9 Å². The number of hydrogen-bond donors (Lipinski definition) is 2. The van der Waals surface area contributed by atoms with E-state index in [1.54, 1.807) is 0 Å². The highest BCUT2D eigenvalue weighted by molar-refractivity contribution is 6.00. The second-order valence-corrected chi connectivity index (χ2v) is 6.93. The maximum Gasteiger partial charge on any atom is 0.329 e. The molecule has 1 aromatic carbocycles. The molecule has 2 aromatic rings. The van der Waals surface area contributed by atoms with Crippen LogP contribution < -0.4 is 26.6 Å². The van der Waals surface area contributed by atoms with Crippen LogP contribution in [0.25, 0.3) is 10.9 Å². The molecule has 7 nitrogen and oxygen atoms in total. The first-order chi connectivity index (χ1) is 11.9. The third-order valence-corrected chi connectivity index (χ3v) is 5.38. The van der Waals surface area contributed by atoms with Gasteiger partial charge in [-0.15, -0.1) is 0 Å². The van der Waals surface area contributed by atoms with Gasteiger partial charge in [0, 0.05) is 13.1 Å². The summed E-state index contributed by atoms with van der Waals surface area (Å²) < 4.78 is 22.4. The standard InChI is InChI=1S/C17H21FN4O3/c1-3-9-4-5-21(6-9)14-11(18)12(19)10-13-15(14)25-7-8(2)22(13)17(24)20-16(10)23/h8-9H,3-7,19H2,1-2H3,(H,20,23,24)/t8-,9+/m1/s1. The molecule has 4 rings (SSSR count). The van der Waals surface area contributed by atoms with Crippen molar-refractivity contribution in [2.75, 3.05) is 30.3 Å². The number of rotatable bonds is 2. The fourth-order valence-electron chi connectivity index (χ4n) is 3.96. The third-order valence-electron chi connectivity index (χ3n) is 5.38. The van der Waals surface area contributed by atoms with E-state index < -0.39 is 17.1 Å². The number of nitrogens with two attached hydrogens (primary N) is 1. The summed E-state index contributed by atoms with van der Waals surface area (Å²) in [7, 11) is 0. The Kier molecular flexibility index (Phi) is 3.52. The fraction of sp³-hybridized carbons (Fsp3) is 0.529. The van der Waals surface area contributed by atoms with Gasteiger partial charge in [0.25, 0.3) is 5.56 Å². The van der Waals surface area contributed by atoms with Crippen molar-refractivity contribution >= 4 is 22.3 Å². The molecule has 25 heavy (non-hydrogen) atoms. The number of aromatic nitrogens is 2. The van der Waals surface area contributed by atoms with Gasteiger partial charge in [0.2, 0.25) is 0 Å². The highest BCUT2D eigenvalue weighted by atomic mass is 19.1. The Morgan fingerprint density at radius 3 is 2.84 bits per heavy atom. The monoisotopic (exact) mass is 348 g/mol. The Morgan fingerprint density at radius 1 is 1.40 bits per heavy atom. The lowest BCUT2D eigenvalue weighted by atomic mass is 10.1. The van der Waals surface area contributed by atoms with E-state index in [0.29, 0.717) is 24.5 Å². The quantitative estimate of drug-likeness (QED) is 0.804. The molecule has 1 saturated heterocycles. The van der Waals surface area contributed by atoms with Crippen LogP contribution in [0.5, 0.6) is 5.75 Å². The smallest absolute Gasteiger partial charge is 0.329 e. The van der Waals surface area contributed by atoms with Crippen molar-refractivity contribution in [2.45, 2.75) is 32.7 Å². The van der Waals surface area contributed by atoms with Crippen LogP contribution in [0.3, 0.4) is 0 Å². The molecular formula is C17H21FN4O3. The summed E-state index contributed by atoms with van der Waals surface area (Å²) in [6.45, 7) is 5.55. The maximum absolute atomic E-state index is 15.1. The van der Waals surface area contributed by atoms with Crippen molar-refractivity contribution in [3.8, 4) is 5.75 Å². The highest BCUT2D eigenvalue weighted by Crippen LogP contribution is 2.45. The topological polar surface area (TPSA) is 93.4 Å². The Bertz CT molecular complexity index is 981. The lowest BCUT2D eigenvalue weighted by Gasteiger charge is -2.30. The predicted molar refractivity (Wildman–Crippen MR) is 94.0 cm³/mol. The number of halogens is 1. The second-order valence-electron chi connectivity index (χ2n) is 6.93. The van der Waals surface area contributed by atoms with E-state index in [1.807, 2.05) is 11.8 Å². The van der Waals surface area contributed by atoms with E-state index in [9.17, 15) is 9.59 Å². The molecular weight excluding hydrogens is 327 g/mol. The van der Waals surface area contributed by atoms with Crippen LogP contribution in [0.4, 0.5) is 15.8 Å². The van der Waals surface area contributed by atoms with Crippen molar-refractivity contribution in [1.82, 2.24) is 9.55 Å². The summed E-state index contributed by atoms with van der Waals surface area (Å²) in [5.74, 6) is 0.0802. The molecule has 1 aromatic heterocycles. The molecule has 0 aliphatic carbocycles. The van der Waals surface area contributed by atoms with E-state index in [4.69, 9.17) is 10.5 Å². The van der Waals surface area contributed by atoms with Crippen LogP contribution in [0.2, 0.25) is 0 Å². The van der Waals surface area contributed by atoms with E-state index in [1.165, 1.54) is 4.57 Å². The Labute approximate surface area is 143 Å². The Morgan fingerprint density at radius 2 is 2.16 bits per heavy atom. The van der Waals surface area contributed by atoms with Crippen molar-refractivity contribution in [3.05, 3.63) is 26.7 Å². The highest BCUT2D eigenvalue weighted by Gasteiger charge is 2.34. The van der Waals surface area contributed by atoms with Gasteiger partial charge >= 0.3 is 5.69 Å². The first-order valence-corrected chi connectivity index (χ1v) is 8.61. The molecule has 2 aliphatic rings. The molecule has 8 heteroatoms. The van der Waals surface area contributed by atoms with Crippen molar-refractivity contribution in [3.63, 3.8) is 0 Å². The minimum Gasteiger partial charge on any atom is -0.487 e. The minimum atomic E-state index is -0.689. The van der Waals surface area contributed by atoms with Gasteiger partial charge in [-0.05, 0) is 19.3 Å². The number of H-pyrrole nitrogens is 1. The van der Waals surface area contributed by atoms with E-state index in [-0.39, 0.29) is 35.2 Å². The predicted octanol–water partition coefficient (Wildman–Crippen LogP) is 1.60. The number of hydrogen-bond acceptors (Lipinski definition) is 5. The molecule has 2 aliphatic heterocycles. The Hall–Kier alpha value is -2.51. The first kappa shape index (κ1) is 16.0. The van der Waals surface area contributed by atoms with Gasteiger partial charge in [0.15, 0.2) is 11.6 Å². The SMILES string of the molecule is CC[C@H]1CCN(c2c(F)c(N)c3c(=O)[nH]c(=O)n4c3c2OC[C@H]4C)C1. The van der Waals surface area contributed by atoms with Crippen LogP contribution in [0.15, 0.2) is 9.59 Å². The van der Waals surface area contributed by atoms with Crippen molar-refractivity contribution in [1.29, 1.82) is 0 Å². The second kappa shape index (κ2) is 5.50. The Balaban J connectivity index is 2.08. The van der Waals surface area contributed by atoms with Crippen LogP contribution in [0, 0.1) is 11.7 Å². The van der Waals surface area contributed by atoms with E-state index >= 15 is 4.39 Å². The van der Waals surface area contributed by atoms with Crippen LogP contribution in [0.1, 0.15) is 32.7 Å². The molecule has 0 radical (unpaired) electrons. The van der Waals surface area contributed by atoms with E-state index in [0.717, 1.165) is 12.8 Å². The zero-order chi connectivity index (χ0) is 17.9. The zero-order valence-corrected chi connectivity index (χ0v) is 14.3.